The summed E-state index contributed by atoms with van der Waals surface area (Å²) in [5.74, 6) is 0.877. The van der Waals surface area contributed by atoms with E-state index in [9.17, 15) is 4.79 Å². The predicted molar refractivity (Wildman–Crippen MR) is 78.3 cm³/mol. The smallest absolute Gasteiger partial charge is 0.223 e. The summed E-state index contributed by atoms with van der Waals surface area (Å²) in [5, 5.41) is 9.00. The van der Waals surface area contributed by atoms with E-state index in [2.05, 4.69) is 9.97 Å². The zero-order valence-electron chi connectivity index (χ0n) is 12.0. The number of hydrogen-bond donors (Lipinski definition) is 2. The van der Waals surface area contributed by atoms with Gasteiger partial charge < -0.3 is 15.0 Å². The Kier molecular flexibility index (Phi) is 4.74. The molecule has 0 atom stereocenters. The largest absolute Gasteiger partial charge is 0.395 e. The molecular weight excluding hydrogens is 254 g/mol. The van der Waals surface area contributed by atoms with Gasteiger partial charge in [0, 0.05) is 25.4 Å². The lowest BCUT2D eigenvalue weighted by Crippen LogP contribution is -2.39. The lowest BCUT2D eigenvalue weighted by Gasteiger charge is -2.25. The van der Waals surface area contributed by atoms with E-state index < -0.39 is 0 Å². The van der Waals surface area contributed by atoms with Crippen LogP contribution in [0, 0.1) is 0 Å². The number of para-hydroxylation sites is 2. The molecule has 0 bridgehead atoms. The normalized spacial score (nSPS) is 11.2. The van der Waals surface area contributed by atoms with Crippen LogP contribution in [0.3, 0.4) is 0 Å². The first-order valence-corrected chi connectivity index (χ1v) is 6.95. The number of aliphatic hydroxyl groups excluding tert-OH is 1. The van der Waals surface area contributed by atoms with E-state index in [-0.39, 0.29) is 18.6 Å². The van der Waals surface area contributed by atoms with Crippen LogP contribution in [0.4, 0.5) is 0 Å². The molecule has 0 aliphatic carbocycles. The zero-order valence-corrected chi connectivity index (χ0v) is 12.0. The number of aryl methyl sites for hydroxylation is 1. The predicted octanol–water partition coefficient (Wildman–Crippen LogP) is 1.72. The molecule has 0 aliphatic rings. The molecule has 1 aromatic carbocycles. The number of imidazole rings is 1. The highest BCUT2D eigenvalue weighted by molar-refractivity contribution is 5.77. The summed E-state index contributed by atoms with van der Waals surface area (Å²) in [6.07, 6.45) is 0.986. The van der Waals surface area contributed by atoms with Crippen LogP contribution in [0.1, 0.15) is 26.1 Å². The minimum absolute atomic E-state index is 0.00540. The average Bonchev–Trinajstić information content (AvgIpc) is 2.84. The van der Waals surface area contributed by atoms with Crippen molar-refractivity contribution in [3.05, 3.63) is 30.1 Å². The van der Waals surface area contributed by atoms with Gasteiger partial charge in [-0.3, -0.25) is 4.79 Å². The molecule has 1 amide bonds. The Balaban J connectivity index is 1.98. The zero-order chi connectivity index (χ0) is 14.5. The van der Waals surface area contributed by atoms with Crippen molar-refractivity contribution >= 4 is 16.9 Å². The van der Waals surface area contributed by atoms with Crippen LogP contribution < -0.4 is 0 Å². The molecule has 0 saturated heterocycles. The summed E-state index contributed by atoms with van der Waals surface area (Å²) in [6.45, 7) is 4.29. The first-order valence-electron chi connectivity index (χ1n) is 6.95. The highest BCUT2D eigenvalue weighted by atomic mass is 16.3. The van der Waals surface area contributed by atoms with Crippen LogP contribution in [0.2, 0.25) is 0 Å². The number of H-pyrrole nitrogens is 1. The Morgan fingerprint density at radius 3 is 2.80 bits per heavy atom. The van der Waals surface area contributed by atoms with Gasteiger partial charge in [-0.2, -0.15) is 0 Å². The number of fused-ring (bicyclic) bond motifs is 1. The Hall–Kier alpha value is -1.88. The number of benzene rings is 1. The highest BCUT2D eigenvalue weighted by Gasteiger charge is 2.16. The van der Waals surface area contributed by atoms with Crippen molar-refractivity contribution in [3.63, 3.8) is 0 Å². The number of aromatic nitrogens is 2. The Bertz CT molecular complexity index is 544. The fraction of sp³-hybridized carbons (Fsp3) is 0.467. The second-order valence-electron chi connectivity index (χ2n) is 5.11. The SMILES string of the molecule is CC(C)N(CCO)C(=O)CCc1nc2ccccc2[nH]1. The van der Waals surface area contributed by atoms with Crippen molar-refractivity contribution in [3.8, 4) is 0 Å². The van der Waals surface area contributed by atoms with Crippen molar-refractivity contribution in [1.29, 1.82) is 0 Å². The number of nitrogens with zero attached hydrogens (tertiary/aromatic N) is 2. The van der Waals surface area contributed by atoms with E-state index in [1.165, 1.54) is 0 Å². The summed E-state index contributed by atoms with van der Waals surface area (Å²) < 4.78 is 0. The average molecular weight is 275 g/mol. The van der Waals surface area contributed by atoms with Crippen molar-refractivity contribution in [2.24, 2.45) is 0 Å². The van der Waals surface area contributed by atoms with Crippen molar-refractivity contribution < 1.29 is 9.90 Å². The second kappa shape index (κ2) is 6.52. The maximum atomic E-state index is 12.1. The number of hydrogen-bond acceptors (Lipinski definition) is 3. The molecule has 1 aromatic heterocycles. The number of nitrogens with one attached hydrogen (secondary N) is 1. The number of aromatic amines is 1. The van der Waals surface area contributed by atoms with Crippen LogP contribution in [-0.4, -0.2) is 45.1 Å². The lowest BCUT2D eigenvalue weighted by atomic mass is 10.2. The third-order valence-corrected chi connectivity index (χ3v) is 3.30. The molecule has 2 N–H and O–H groups in total. The molecule has 5 heteroatoms. The maximum Gasteiger partial charge on any atom is 0.223 e. The molecule has 2 aromatic rings. The minimum Gasteiger partial charge on any atom is -0.395 e. The Morgan fingerprint density at radius 2 is 2.15 bits per heavy atom. The van der Waals surface area contributed by atoms with Gasteiger partial charge in [0.25, 0.3) is 0 Å². The maximum absolute atomic E-state index is 12.1. The summed E-state index contributed by atoms with van der Waals surface area (Å²) in [6, 6.07) is 7.92. The van der Waals surface area contributed by atoms with Gasteiger partial charge >= 0.3 is 0 Å². The summed E-state index contributed by atoms with van der Waals surface area (Å²) in [5.41, 5.74) is 1.91. The van der Waals surface area contributed by atoms with Gasteiger partial charge in [0.1, 0.15) is 5.82 Å². The van der Waals surface area contributed by atoms with Crippen LogP contribution in [0.15, 0.2) is 24.3 Å². The van der Waals surface area contributed by atoms with Crippen LogP contribution in [0.5, 0.6) is 0 Å². The van der Waals surface area contributed by atoms with Crippen LogP contribution in [-0.2, 0) is 11.2 Å². The van der Waals surface area contributed by atoms with Gasteiger partial charge in [-0.25, -0.2) is 4.98 Å². The van der Waals surface area contributed by atoms with Crippen LogP contribution >= 0.6 is 0 Å². The molecule has 0 aliphatic heterocycles. The number of rotatable bonds is 6. The van der Waals surface area contributed by atoms with Crippen molar-refractivity contribution in [2.75, 3.05) is 13.2 Å². The van der Waals surface area contributed by atoms with Crippen LogP contribution in [0.25, 0.3) is 11.0 Å². The third kappa shape index (κ3) is 3.36. The van der Waals surface area contributed by atoms with Crippen molar-refractivity contribution in [1.82, 2.24) is 14.9 Å². The molecule has 20 heavy (non-hydrogen) atoms. The quantitative estimate of drug-likeness (QED) is 0.843. The topological polar surface area (TPSA) is 69.2 Å². The number of carbonyl (C=O) groups excluding carboxylic acids is 1. The highest BCUT2D eigenvalue weighted by Crippen LogP contribution is 2.12. The standard InChI is InChI=1S/C15H21N3O2/c1-11(2)18(9-10-19)15(20)8-7-14-16-12-5-3-4-6-13(12)17-14/h3-6,11,19H,7-10H2,1-2H3,(H,16,17). The third-order valence-electron chi connectivity index (χ3n) is 3.30. The molecule has 0 unspecified atom stereocenters. The van der Waals surface area contributed by atoms with Gasteiger partial charge in [-0.05, 0) is 26.0 Å². The van der Waals surface area contributed by atoms with E-state index in [1.54, 1.807) is 4.90 Å². The fourth-order valence-electron chi connectivity index (χ4n) is 2.27. The van der Waals surface area contributed by atoms with E-state index in [4.69, 9.17) is 5.11 Å². The summed E-state index contributed by atoms with van der Waals surface area (Å²) >= 11 is 0. The van der Waals surface area contributed by atoms with Gasteiger partial charge in [-0.15, -0.1) is 0 Å². The monoisotopic (exact) mass is 275 g/mol. The van der Waals surface area contributed by atoms with E-state index in [0.717, 1.165) is 16.9 Å². The van der Waals surface area contributed by atoms with Crippen molar-refractivity contribution in [2.45, 2.75) is 32.7 Å². The molecule has 108 valence electrons. The molecule has 0 saturated carbocycles. The second-order valence-corrected chi connectivity index (χ2v) is 5.11. The Labute approximate surface area is 118 Å². The summed E-state index contributed by atoms with van der Waals surface area (Å²) in [7, 11) is 0. The minimum atomic E-state index is -0.00540. The molecule has 1 heterocycles. The van der Waals surface area contributed by atoms with E-state index >= 15 is 0 Å². The molecule has 0 spiro atoms. The number of amides is 1. The molecule has 5 nitrogen and oxygen atoms in total. The first-order chi connectivity index (χ1) is 9.61. The number of carbonyl (C=O) groups is 1. The van der Waals surface area contributed by atoms with Gasteiger partial charge in [-0.1, -0.05) is 12.1 Å². The fourth-order valence-corrected chi connectivity index (χ4v) is 2.27. The first kappa shape index (κ1) is 14.5. The van der Waals surface area contributed by atoms with E-state index in [1.807, 2.05) is 38.1 Å². The summed E-state index contributed by atoms with van der Waals surface area (Å²) in [4.78, 5) is 21.5. The molecule has 0 fully saturated rings. The van der Waals surface area contributed by atoms with Gasteiger partial charge in [0.05, 0.1) is 17.6 Å². The number of aliphatic hydroxyl groups is 1. The van der Waals surface area contributed by atoms with E-state index in [0.29, 0.717) is 19.4 Å². The van der Waals surface area contributed by atoms with Gasteiger partial charge in [0.2, 0.25) is 5.91 Å². The lowest BCUT2D eigenvalue weighted by molar-refractivity contribution is -0.133. The molecular formula is C15H21N3O2. The molecule has 2 rings (SSSR count). The molecule has 0 radical (unpaired) electrons. The Morgan fingerprint density at radius 1 is 1.40 bits per heavy atom. The van der Waals surface area contributed by atoms with Gasteiger partial charge in [0.15, 0.2) is 0 Å².